The molecular weight excluding hydrogens is 336 g/mol. The van der Waals surface area contributed by atoms with Crippen LogP contribution in [0.1, 0.15) is 23.3 Å². The summed E-state index contributed by atoms with van der Waals surface area (Å²) in [6.45, 7) is 1.62. The maximum absolute atomic E-state index is 13.2. The van der Waals surface area contributed by atoms with Crippen molar-refractivity contribution >= 4 is 17.5 Å². The molecule has 1 aliphatic heterocycles. The van der Waals surface area contributed by atoms with Crippen LogP contribution in [0.15, 0.2) is 54.6 Å². The smallest absolute Gasteiger partial charge is 0.244 e. The van der Waals surface area contributed by atoms with Crippen LogP contribution >= 0.6 is 11.6 Å². The number of ether oxygens (including phenoxy) is 1. The van der Waals surface area contributed by atoms with Gasteiger partial charge in [-0.3, -0.25) is 9.69 Å². The van der Waals surface area contributed by atoms with Gasteiger partial charge in [0.1, 0.15) is 12.1 Å². The number of carbonyl (C=O) groups is 1. The molecule has 0 saturated carbocycles. The van der Waals surface area contributed by atoms with Crippen LogP contribution in [0.2, 0.25) is 5.02 Å². The van der Waals surface area contributed by atoms with Gasteiger partial charge in [0, 0.05) is 17.1 Å². The normalized spacial score (nSPS) is 19.0. The van der Waals surface area contributed by atoms with Crippen LogP contribution in [0.5, 0.6) is 0 Å². The van der Waals surface area contributed by atoms with Crippen molar-refractivity contribution in [2.24, 2.45) is 0 Å². The van der Waals surface area contributed by atoms with Crippen LogP contribution in [0.4, 0.5) is 0 Å². The van der Waals surface area contributed by atoms with E-state index in [4.69, 9.17) is 16.3 Å². The number of amides is 1. The second-order valence-corrected chi connectivity index (χ2v) is 6.85. The first-order valence-corrected chi connectivity index (χ1v) is 8.82. The minimum Gasteiger partial charge on any atom is -0.370 e. The molecule has 0 bridgehead atoms. The summed E-state index contributed by atoms with van der Waals surface area (Å²) < 4.78 is 5.88. The third kappa shape index (κ3) is 4.03. The van der Waals surface area contributed by atoms with Crippen molar-refractivity contribution in [3.8, 4) is 0 Å². The first-order chi connectivity index (χ1) is 12.1. The largest absolute Gasteiger partial charge is 0.370 e. The van der Waals surface area contributed by atoms with Crippen LogP contribution in [-0.4, -0.2) is 49.5 Å². The predicted octanol–water partition coefficient (Wildman–Crippen LogP) is 3.54. The lowest BCUT2D eigenvalue weighted by Crippen LogP contribution is -2.47. The molecule has 25 heavy (non-hydrogen) atoms. The molecule has 2 aromatic rings. The number of nitrogens with zero attached hydrogens (tertiary/aromatic N) is 2. The molecule has 0 N–H and O–H groups in total. The molecule has 132 valence electrons. The third-order valence-electron chi connectivity index (χ3n) is 4.50. The molecule has 1 aliphatic rings. The van der Waals surface area contributed by atoms with Gasteiger partial charge in [0.25, 0.3) is 0 Å². The van der Waals surface area contributed by atoms with Crippen molar-refractivity contribution in [2.75, 3.05) is 33.8 Å². The Balaban J connectivity index is 1.80. The van der Waals surface area contributed by atoms with Gasteiger partial charge < -0.3 is 9.64 Å². The topological polar surface area (TPSA) is 32.8 Å². The minimum absolute atomic E-state index is 0.0940. The SMILES string of the molecule is CN(C)C(C(=O)N1CCOC(c2ccccc2Cl)C1)c1ccccc1. The molecular formula is C20H23ClN2O2. The molecule has 1 heterocycles. The van der Waals surface area contributed by atoms with Crippen molar-refractivity contribution < 1.29 is 9.53 Å². The second kappa shape index (κ2) is 8.00. The summed E-state index contributed by atoms with van der Waals surface area (Å²) in [5.41, 5.74) is 1.93. The standard InChI is InChI=1S/C20H23ClN2O2/c1-22(2)19(15-8-4-3-5-9-15)20(24)23-12-13-25-18(14-23)16-10-6-7-11-17(16)21/h3-11,18-19H,12-14H2,1-2H3. The van der Waals surface area contributed by atoms with Gasteiger partial charge in [-0.25, -0.2) is 0 Å². The summed E-state index contributed by atoms with van der Waals surface area (Å²) >= 11 is 6.30. The van der Waals surface area contributed by atoms with Gasteiger partial charge in [0.05, 0.1) is 13.2 Å². The number of hydrogen-bond acceptors (Lipinski definition) is 3. The van der Waals surface area contributed by atoms with E-state index in [0.717, 1.165) is 11.1 Å². The first-order valence-electron chi connectivity index (χ1n) is 8.44. The average molecular weight is 359 g/mol. The highest BCUT2D eigenvalue weighted by atomic mass is 35.5. The van der Waals surface area contributed by atoms with E-state index >= 15 is 0 Å². The lowest BCUT2D eigenvalue weighted by atomic mass is 10.0. The fraction of sp³-hybridized carbons (Fsp3) is 0.350. The quantitative estimate of drug-likeness (QED) is 0.838. The van der Waals surface area contributed by atoms with E-state index in [1.807, 2.05) is 78.5 Å². The number of morpholine rings is 1. The van der Waals surface area contributed by atoms with Crippen molar-refractivity contribution in [3.63, 3.8) is 0 Å². The number of benzene rings is 2. The molecule has 0 spiro atoms. The molecule has 1 fully saturated rings. The zero-order valence-electron chi connectivity index (χ0n) is 14.6. The Hall–Kier alpha value is -1.88. The Morgan fingerprint density at radius 3 is 2.52 bits per heavy atom. The summed E-state index contributed by atoms with van der Waals surface area (Å²) in [6, 6.07) is 17.2. The van der Waals surface area contributed by atoms with E-state index < -0.39 is 0 Å². The molecule has 4 nitrogen and oxygen atoms in total. The van der Waals surface area contributed by atoms with E-state index in [1.54, 1.807) is 0 Å². The highest BCUT2D eigenvalue weighted by Gasteiger charge is 2.32. The third-order valence-corrected chi connectivity index (χ3v) is 4.84. The van der Waals surface area contributed by atoms with Gasteiger partial charge in [-0.2, -0.15) is 0 Å². The van der Waals surface area contributed by atoms with Crippen molar-refractivity contribution in [3.05, 3.63) is 70.7 Å². The summed E-state index contributed by atoms with van der Waals surface area (Å²) in [5.74, 6) is 0.0940. The maximum atomic E-state index is 13.2. The zero-order valence-corrected chi connectivity index (χ0v) is 15.3. The van der Waals surface area contributed by atoms with Crippen LogP contribution in [0, 0.1) is 0 Å². The summed E-state index contributed by atoms with van der Waals surface area (Å²) in [4.78, 5) is 17.0. The Morgan fingerprint density at radius 1 is 1.16 bits per heavy atom. The van der Waals surface area contributed by atoms with Gasteiger partial charge in [0.15, 0.2) is 0 Å². The molecule has 1 saturated heterocycles. The summed E-state index contributed by atoms with van der Waals surface area (Å²) in [5, 5.41) is 0.675. The maximum Gasteiger partial charge on any atom is 0.244 e. The van der Waals surface area contributed by atoms with Gasteiger partial charge in [-0.15, -0.1) is 0 Å². The average Bonchev–Trinajstić information content (AvgIpc) is 2.63. The van der Waals surface area contributed by atoms with E-state index in [1.165, 1.54) is 0 Å². The molecule has 0 aromatic heterocycles. The second-order valence-electron chi connectivity index (χ2n) is 6.44. The van der Waals surface area contributed by atoms with Gasteiger partial charge in [-0.05, 0) is 25.7 Å². The fourth-order valence-corrected chi connectivity index (χ4v) is 3.50. The lowest BCUT2D eigenvalue weighted by Gasteiger charge is -2.37. The van der Waals surface area contributed by atoms with Crippen LogP contribution in [0.3, 0.4) is 0 Å². The summed E-state index contributed by atoms with van der Waals surface area (Å²) in [6.07, 6.45) is -0.190. The van der Waals surface area contributed by atoms with E-state index in [2.05, 4.69) is 0 Å². The van der Waals surface area contributed by atoms with Crippen LogP contribution in [0.25, 0.3) is 0 Å². The number of likely N-dealkylation sites (N-methyl/N-ethyl adjacent to an activating group) is 1. The molecule has 1 amide bonds. The van der Waals surface area contributed by atoms with E-state index in [-0.39, 0.29) is 18.1 Å². The van der Waals surface area contributed by atoms with Crippen molar-refractivity contribution in [1.29, 1.82) is 0 Å². The Labute approximate surface area is 154 Å². The van der Waals surface area contributed by atoms with Crippen LogP contribution in [-0.2, 0) is 9.53 Å². The Kier molecular flexibility index (Phi) is 5.74. The molecule has 0 aliphatic carbocycles. The zero-order chi connectivity index (χ0) is 17.8. The van der Waals surface area contributed by atoms with Gasteiger partial charge in [0.2, 0.25) is 5.91 Å². The molecule has 3 rings (SSSR count). The highest BCUT2D eigenvalue weighted by molar-refractivity contribution is 6.31. The van der Waals surface area contributed by atoms with E-state index in [0.29, 0.717) is 24.7 Å². The molecule has 2 atom stereocenters. The van der Waals surface area contributed by atoms with E-state index in [9.17, 15) is 4.79 Å². The number of carbonyl (C=O) groups excluding carboxylic acids is 1. The number of rotatable bonds is 4. The summed E-state index contributed by atoms with van der Waals surface area (Å²) in [7, 11) is 3.86. The van der Waals surface area contributed by atoms with Gasteiger partial charge >= 0.3 is 0 Å². The molecule has 5 heteroatoms. The van der Waals surface area contributed by atoms with Crippen molar-refractivity contribution in [2.45, 2.75) is 12.1 Å². The molecule has 2 aromatic carbocycles. The minimum atomic E-state index is -0.300. The number of hydrogen-bond donors (Lipinski definition) is 0. The van der Waals surface area contributed by atoms with Crippen molar-refractivity contribution in [1.82, 2.24) is 9.80 Å². The number of halogens is 1. The van der Waals surface area contributed by atoms with Crippen LogP contribution < -0.4 is 0 Å². The highest BCUT2D eigenvalue weighted by Crippen LogP contribution is 2.30. The first kappa shape index (κ1) is 17.9. The fourth-order valence-electron chi connectivity index (χ4n) is 3.24. The monoisotopic (exact) mass is 358 g/mol. The molecule has 2 unspecified atom stereocenters. The lowest BCUT2D eigenvalue weighted by molar-refractivity contribution is -0.144. The Bertz CT molecular complexity index is 721. The molecule has 0 radical (unpaired) electrons. The predicted molar refractivity (Wildman–Crippen MR) is 99.6 cm³/mol. The van der Waals surface area contributed by atoms with Gasteiger partial charge in [-0.1, -0.05) is 60.1 Å². The Morgan fingerprint density at radius 2 is 1.84 bits per heavy atom.